The molecule has 0 amide bonds. The summed E-state index contributed by atoms with van der Waals surface area (Å²) in [7, 11) is 2.15. The molecule has 1 aromatic carbocycles. The van der Waals surface area contributed by atoms with Crippen LogP contribution in [0.4, 0.5) is 11.5 Å². The number of aliphatic hydroxyl groups is 1. The van der Waals surface area contributed by atoms with Gasteiger partial charge in [0.25, 0.3) is 5.88 Å². The van der Waals surface area contributed by atoms with E-state index in [1.54, 1.807) is 12.4 Å². The van der Waals surface area contributed by atoms with Crippen LogP contribution in [0.3, 0.4) is 0 Å². The lowest BCUT2D eigenvalue weighted by Crippen LogP contribution is -2.46. The van der Waals surface area contributed by atoms with Crippen molar-refractivity contribution in [1.82, 2.24) is 24.6 Å². The van der Waals surface area contributed by atoms with E-state index in [1.807, 2.05) is 16.9 Å². The van der Waals surface area contributed by atoms with Crippen LogP contribution in [0.25, 0.3) is 11.3 Å². The third-order valence-corrected chi connectivity index (χ3v) is 7.94. The molecule has 3 aliphatic rings. The van der Waals surface area contributed by atoms with Crippen LogP contribution in [0.2, 0.25) is 0 Å². The van der Waals surface area contributed by atoms with Gasteiger partial charge < -0.3 is 30.1 Å². The second-order valence-corrected chi connectivity index (χ2v) is 10.7. The second-order valence-electron chi connectivity index (χ2n) is 10.7. The van der Waals surface area contributed by atoms with Crippen molar-refractivity contribution in [2.45, 2.75) is 50.3 Å². The van der Waals surface area contributed by atoms with Crippen molar-refractivity contribution < 1.29 is 14.6 Å². The summed E-state index contributed by atoms with van der Waals surface area (Å²) in [6.07, 6.45) is 9.68. The summed E-state index contributed by atoms with van der Waals surface area (Å²) < 4.78 is 13.4. The fourth-order valence-electron chi connectivity index (χ4n) is 5.51. The summed E-state index contributed by atoms with van der Waals surface area (Å²) in [5, 5.41) is 15.6. The predicted octanol–water partition coefficient (Wildman–Crippen LogP) is 3.19. The second kappa shape index (κ2) is 9.59. The zero-order chi connectivity index (χ0) is 25.6. The number of nitrogen functional groups attached to an aromatic ring is 1. The van der Waals surface area contributed by atoms with Crippen LogP contribution in [0.1, 0.15) is 44.2 Å². The van der Waals surface area contributed by atoms with Gasteiger partial charge in [0.2, 0.25) is 0 Å². The lowest BCUT2D eigenvalue weighted by molar-refractivity contribution is -0.184. The van der Waals surface area contributed by atoms with Crippen molar-refractivity contribution in [3.05, 3.63) is 42.4 Å². The number of ether oxygens (including phenoxy) is 2. The monoisotopic (exact) mass is 505 g/mol. The Hall–Kier alpha value is -3.21. The normalized spacial score (nSPS) is 22.2. The molecular formula is C27H35N7O3. The molecule has 1 atom stereocenters. The maximum absolute atomic E-state index is 11.1. The number of benzene rings is 1. The maximum atomic E-state index is 11.1. The van der Waals surface area contributed by atoms with Gasteiger partial charge in [0.05, 0.1) is 43.5 Å². The molecule has 0 radical (unpaired) electrons. The molecule has 0 spiro atoms. The van der Waals surface area contributed by atoms with Gasteiger partial charge in [0.1, 0.15) is 5.60 Å². The zero-order valence-corrected chi connectivity index (χ0v) is 21.5. The Morgan fingerprint density at radius 2 is 1.92 bits per heavy atom. The molecule has 3 saturated heterocycles. The zero-order valence-electron chi connectivity index (χ0n) is 21.5. The average molecular weight is 506 g/mol. The molecule has 0 aliphatic carbocycles. The first-order chi connectivity index (χ1) is 17.9. The summed E-state index contributed by atoms with van der Waals surface area (Å²) in [4.78, 5) is 13.8. The molecule has 0 saturated carbocycles. The molecule has 6 rings (SSSR count). The van der Waals surface area contributed by atoms with Crippen LogP contribution >= 0.6 is 0 Å². The molecule has 0 bridgehead atoms. The summed E-state index contributed by atoms with van der Waals surface area (Å²) in [6.45, 7) is 5.91. The Bertz CT molecular complexity index is 1270. The number of anilines is 2. The van der Waals surface area contributed by atoms with E-state index in [0.717, 1.165) is 62.1 Å². The van der Waals surface area contributed by atoms with Crippen molar-refractivity contribution in [3.8, 4) is 22.9 Å². The van der Waals surface area contributed by atoms with Crippen LogP contribution in [0.5, 0.6) is 11.6 Å². The Balaban J connectivity index is 1.29. The van der Waals surface area contributed by atoms with Crippen molar-refractivity contribution in [1.29, 1.82) is 0 Å². The van der Waals surface area contributed by atoms with E-state index in [-0.39, 0.29) is 24.9 Å². The minimum Gasteiger partial charge on any atom is -0.433 e. The van der Waals surface area contributed by atoms with Gasteiger partial charge in [-0.05, 0) is 76.5 Å². The van der Waals surface area contributed by atoms with Crippen LogP contribution in [-0.4, -0.2) is 75.7 Å². The molecule has 2 aromatic heterocycles. The quantitative estimate of drug-likeness (QED) is 0.521. The first-order valence-electron chi connectivity index (χ1n) is 13.1. The molecule has 3 aromatic rings. The van der Waals surface area contributed by atoms with E-state index >= 15 is 0 Å². The highest BCUT2D eigenvalue weighted by Gasteiger charge is 2.39. The molecule has 5 heterocycles. The van der Waals surface area contributed by atoms with Gasteiger partial charge in [-0.1, -0.05) is 0 Å². The Labute approximate surface area is 217 Å². The van der Waals surface area contributed by atoms with Crippen LogP contribution in [0, 0.1) is 0 Å². The SMILES string of the molecule is C[C@@H]1CCCN1c1cc(-c2cnc(N)c(Oc3cnn(C4CCN(C)CC4)c3)n2)cc(C2(O)COC2)c1. The highest BCUT2D eigenvalue weighted by Crippen LogP contribution is 2.38. The van der Waals surface area contributed by atoms with Gasteiger partial charge in [-0.15, -0.1) is 0 Å². The van der Waals surface area contributed by atoms with Gasteiger partial charge in [-0.25, -0.2) is 9.97 Å². The molecule has 3 aliphatic heterocycles. The predicted molar refractivity (Wildman–Crippen MR) is 141 cm³/mol. The van der Waals surface area contributed by atoms with Crippen molar-refractivity contribution in [3.63, 3.8) is 0 Å². The van der Waals surface area contributed by atoms with Crippen molar-refractivity contribution in [2.24, 2.45) is 0 Å². The van der Waals surface area contributed by atoms with E-state index < -0.39 is 5.60 Å². The number of likely N-dealkylation sites (tertiary alicyclic amines) is 1. The topological polar surface area (TPSA) is 115 Å². The fourth-order valence-corrected chi connectivity index (χ4v) is 5.51. The molecular weight excluding hydrogens is 470 g/mol. The van der Waals surface area contributed by atoms with Crippen LogP contribution < -0.4 is 15.4 Å². The molecule has 0 unspecified atom stereocenters. The maximum Gasteiger partial charge on any atom is 0.263 e. The highest BCUT2D eigenvalue weighted by atomic mass is 16.5. The molecule has 3 N–H and O–H groups in total. The summed E-state index contributed by atoms with van der Waals surface area (Å²) in [5.74, 6) is 1.04. The van der Waals surface area contributed by atoms with Gasteiger partial charge in [0.15, 0.2) is 11.6 Å². The lowest BCUT2D eigenvalue weighted by Gasteiger charge is -2.38. The number of nitrogens with two attached hydrogens (primary N) is 1. The minimum atomic E-state index is -0.989. The number of piperidine rings is 1. The largest absolute Gasteiger partial charge is 0.433 e. The van der Waals surface area contributed by atoms with Gasteiger partial charge >= 0.3 is 0 Å². The fraction of sp³-hybridized carbons (Fsp3) is 0.519. The molecule has 10 heteroatoms. The third-order valence-electron chi connectivity index (χ3n) is 7.94. The summed E-state index contributed by atoms with van der Waals surface area (Å²) >= 11 is 0. The molecule has 3 fully saturated rings. The average Bonchev–Trinajstić information content (AvgIpc) is 3.53. The number of rotatable bonds is 6. The van der Waals surface area contributed by atoms with Gasteiger partial charge in [-0.2, -0.15) is 5.10 Å². The Kier molecular flexibility index (Phi) is 6.26. The molecule has 10 nitrogen and oxygen atoms in total. The first kappa shape index (κ1) is 24.1. The van der Waals surface area contributed by atoms with Crippen molar-refractivity contribution in [2.75, 3.05) is 50.5 Å². The van der Waals surface area contributed by atoms with E-state index in [9.17, 15) is 5.11 Å². The highest BCUT2D eigenvalue weighted by molar-refractivity contribution is 5.69. The van der Waals surface area contributed by atoms with E-state index in [1.165, 1.54) is 0 Å². The summed E-state index contributed by atoms with van der Waals surface area (Å²) in [6, 6.07) is 6.95. The van der Waals surface area contributed by atoms with E-state index in [0.29, 0.717) is 23.5 Å². The first-order valence-corrected chi connectivity index (χ1v) is 13.1. The van der Waals surface area contributed by atoms with E-state index in [2.05, 4.69) is 46.0 Å². The van der Waals surface area contributed by atoms with Gasteiger partial charge in [0, 0.05) is 23.8 Å². The number of hydrogen-bond acceptors (Lipinski definition) is 9. The number of hydrogen-bond donors (Lipinski definition) is 2. The van der Waals surface area contributed by atoms with Crippen LogP contribution in [-0.2, 0) is 10.3 Å². The molecule has 37 heavy (non-hydrogen) atoms. The number of nitrogens with zero attached hydrogens (tertiary/aromatic N) is 6. The van der Waals surface area contributed by atoms with E-state index in [4.69, 9.17) is 20.2 Å². The Morgan fingerprint density at radius 1 is 1.11 bits per heavy atom. The van der Waals surface area contributed by atoms with Gasteiger partial charge in [-0.3, -0.25) is 4.68 Å². The third kappa shape index (κ3) is 4.76. The minimum absolute atomic E-state index is 0.214. The van der Waals surface area contributed by atoms with Crippen LogP contribution in [0.15, 0.2) is 36.8 Å². The standard InChI is InChI=1S/C27H35N7O3/c1-18-4-3-7-33(18)22-11-19(10-20(12-22)27(35)16-36-17-27)24-14-29-25(28)26(31-24)37-23-13-30-34(15-23)21-5-8-32(2)9-6-21/h10-15,18,21,35H,3-9,16-17H2,1-2H3,(H2,28,29)/t18-/m1/s1. The lowest BCUT2D eigenvalue weighted by atomic mass is 9.89. The molecule has 196 valence electrons. The smallest absolute Gasteiger partial charge is 0.263 e. The Morgan fingerprint density at radius 3 is 2.62 bits per heavy atom. The van der Waals surface area contributed by atoms with Crippen molar-refractivity contribution >= 4 is 11.5 Å². The number of aromatic nitrogens is 4. The summed E-state index contributed by atoms with van der Waals surface area (Å²) in [5.41, 5.74) is 8.55.